The average molecular weight is 409 g/mol. The highest BCUT2D eigenvalue weighted by atomic mass is 127. The number of nitrogens with one attached hydrogen (secondary N) is 1. The SMILES string of the molecule is CNC(c1ccc(I)c(Cl)c1)c1ccc2cccnc2c1. The molecule has 3 aromatic rings. The number of hydrogen-bond acceptors (Lipinski definition) is 2. The summed E-state index contributed by atoms with van der Waals surface area (Å²) >= 11 is 8.49. The van der Waals surface area contributed by atoms with E-state index in [0.29, 0.717) is 0 Å². The summed E-state index contributed by atoms with van der Waals surface area (Å²) < 4.78 is 1.06. The van der Waals surface area contributed by atoms with Crippen LogP contribution in [-0.2, 0) is 0 Å². The van der Waals surface area contributed by atoms with Crippen molar-refractivity contribution in [3.05, 3.63) is 74.4 Å². The van der Waals surface area contributed by atoms with Crippen LogP contribution < -0.4 is 5.32 Å². The van der Waals surface area contributed by atoms with Crippen molar-refractivity contribution in [2.45, 2.75) is 6.04 Å². The molecule has 0 aliphatic heterocycles. The number of pyridine rings is 1. The van der Waals surface area contributed by atoms with Crippen LogP contribution >= 0.6 is 34.2 Å². The van der Waals surface area contributed by atoms with E-state index in [1.165, 1.54) is 5.56 Å². The molecule has 2 nitrogen and oxygen atoms in total. The highest BCUT2D eigenvalue weighted by molar-refractivity contribution is 14.1. The zero-order valence-corrected chi connectivity index (χ0v) is 14.4. The van der Waals surface area contributed by atoms with Gasteiger partial charge in [-0.25, -0.2) is 0 Å². The lowest BCUT2D eigenvalue weighted by atomic mass is 9.98. The van der Waals surface area contributed by atoms with E-state index in [9.17, 15) is 0 Å². The molecule has 2 aromatic carbocycles. The Balaban J connectivity index is 2.06. The van der Waals surface area contributed by atoms with Crippen molar-refractivity contribution < 1.29 is 0 Å². The zero-order valence-electron chi connectivity index (χ0n) is 11.5. The van der Waals surface area contributed by atoms with Gasteiger partial charge in [-0.15, -0.1) is 0 Å². The van der Waals surface area contributed by atoms with Crippen molar-refractivity contribution in [2.75, 3.05) is 7.05 Å². The Bertz CT molecular complexity index is 789. The Morgan fingerprint density at radius 2 is 1.86 bits per heavy atom. The molecule has 1 N–H and O–H groups in total. The second-order valence-corrected chi connectivity index (χ2v) is 6.42. The number of rotatable bonds is 3. The van der Waals surface area contributed by atoms with Crippen molar-refractivity contribution in [2.24, 2.45) is 0 Å². The molecule has 0 saturated heterocycles. The van der Waals surface area contributed by atoms with E-state index in [1.807, 2.05) is 31.4 Å². The van der Waals surface area contributed by atoms with Gasteiger partial charge in [0.25, 0.3) is 0 Å². The molecular weight excluding hydrogens is 395 g/mol. The van der Waals surface area contributed by atoms with Crippen LogP contribution in [-0.4, -0.2) is 12.0 Å². The standard InChI is InChI=1S/C17H14ClIN2/c1-20-17(12-6-7-15(19)14(18)9-12)13-5-4-11-3-2-8-21-16(11)10-13/h2-10,17,20H,1H3. The van der Waals surface area contributed by atoms with Gasteiger partial charge in [0.05, 0.1) is 16.6 Å². The molecule has 0 fully saturated rings. The highest BCUT2D eigenvalue weighted by Crippen LogP contribution is 2.28. The van der Waals surface area contributed by atoms with Crippen LogP contribution in [0.2, 0.25) is 5.02 Å². The first-order chi connectivity index (χ1) is 10.2. The first-order valence-electron chi connectivity index (χ1n) is 6.66. The van der Waals surface area contributed by atoms with Crippen molar-refractivity contribution in [3.63, 3.8) is 0 Å². The second kappa shape index (κ2) is 6.30. The number of nitrogens with zero attached hydrogens (tertiary/aromatic N) is 1. The van der Waals surface area contributed by atoms with E-state index in [4.69, 9.17) is 11.6 Å². The maximum atomic E-state index is 6.25. The van der Waals surface area contributed by atoms with Gasteiger partial charge in [0, 0.05) is 15.2 Å². The maximum Gasteiger partial charge on any atom is 0.0705 e. The summed E-state index contributed by atoms with van der Waals surface area (Å²) in [6, 6.07) is 16.7. The lowest BCUT2D eigenvalue weighted by molar-refractivity contribution is 0.692. The number of fused-ring (bicyclic) bond motifs is 1. The molecule has 1 heterocycles. The van der Waals surface area contributed by atoms with E-state index in [2.05, 4.69) is 63.2 Å². The van der Waals surface area contributed by atoms with Crippen molar-refractivity contribution in [1.82, 2.24) is 10.3 Å². The van der Waals surface area contributed by atoms with E-state index < -0.39 is 0 Å². The highest BCUT2D eigenvalue weighted by Gasteiger charge is 2.13. The van der Waals surface area contributed by atoms with Crippen LogP contribution in [0.5, 0.6) is 0 Å². The monoisotopic (exact) mass is 408 g/mol. The third-order valence-corrected chi connectivity index (χ3v) is 5.10. The molecule has 3 rings (SSSR count). The number of aromatic nitrogens is 1. The van der Waals surface area contributed by atoms with Gasteiger partial charge < -0.3 is 5.32 Å². The summed E-state index contributed by atoms with van der Waals surface area (Å²) in [7, 11) is 1.96. The molecule has 0 aliphatic carbocycles. The largest absolute Gasteiger partial charge is 0.309 e. The zero-order chi connectivity index (χ0) is 14.8. The van der Waals surface area contributed by atoms with E-state index in [0.717, 1.165) is 25.1 Å². The summed E-state index contributed by atoms with van der Waals surface area (Å²) in [5, 5.41) is 5.29. The molecule has 106 valence electrons. The molecule has 4 heteroatoms. The van der Waals surface area contributed by atoms with Crippen molar-refractivity contribution in [3.8, 4) is 0 Å². The predicted molar refractivity (Wildman–Crippen MR) is 96.8 cm³/mol. The quantitative estimate of drug-likeness (QED) is 0.630. The summed E-state index contributed by atoms with van der Waals surface area (Å²) in [5.41, 5.74) is 3.34. The molecule has 0 spiro atoms. The van der Waals surface area contributed by atoms with Crippen LogP contribution in [0, 0.1) is 3.57 Å². The van der Waals surface area contributed by atoms with Gasteiger partial charge in [0.1, 0.15) is 0 Å². The van der Waals surface area contributed by atoms with Crippen molar-refractivity contribution >= 4 is 45.1 Å². The summed E-state index contributed by atoms with van der Waals surface area (Å²) in [5.74, 6) is 0. The lowest BCUT2D eigenvalue weighted by Crippen LogP contribution is -2.17. The van der Waals surface area contributed by atoms with Gasteiger partial charge in [-0.05, 0) is 65.0 Å². The number of halogens is 2. The summed E-state index contributed by atoms with van der Waals surface area (Å²) in [4.78, 5) is 4.43. The Hall–Kier alpha value is -1.17. The summed E-state index contributed by atoms with van der Waals surface area (Å²) in [6.07, 6.45) is 1.82. The minimum absolute atomic E-state index is 0.103. The Morgan fingerprint density at radius 1 is 1.10 bits per heavy atom. The number of benzene rings is 2. The van der Waals surface area contributed by atoms with Gasteiger partial charge in [-0.3, -0.25) is 4.98 Å². The topological polar surface area (TPSA) is 24.9 Å². The first-order valence-corrected chi connectivity index (χ1v) is 8.11. The van der Waals surface area contributed by atoms with E-state index >= 15 is 0 Å². The van der Waals surface area contributed by atoms with Crippen LogP contribution in [0.1, 0.15) is 17.2 Å². The molecule has 0 bridgehead atoms. The molecule has 21 heavy (non-hydrogen) atoms. The molecular formula is C17H14ClIN2. The molecule has 1 aromatic heterocycles. The Kier molecular flexibility index (Phi) is 4.42. The summed E-state index contributed by atoms with van der Waals surface area (Å²) in [6.45, 7) is 0. The van der Waals surface area contributed by atoms with Crippen LogP contribution in [0.4, 0.5) is 0 Å². The van der Waals surface area contributed by atoms with E-state index in [1.54, 1.807) is 0 Å². The third kappa shape index (κ3) is 3.05. The molecule has 0 amide bonds. The fraction of sp³-hybridized carbons (Fsp3) is 0.118. The lowest BCUT2D eigenvalue weighted by Gasteiger charge is -2.18. The van der Waals surface area contributed by atoms with Crippen LogP contribution in [0.3, 0.4) is 0 Å². The van der Waals surface area contributed by atoms with E-state index in [-0.39, 0.29) is 6.04 Å². The average Bonchev–Trinajstić information content (AvgIpc) is 2.51. The maximum absolute atomic E-state index is 6.25. The minimum atomic E-state index is 0.103. The van der Waals surface area contributed by atoms with Gasteiger partial charge in [-0.1, -0.05) is 35.9 Å². The third-order valence-electron chi connectivity index (χ3n) is 3.53. The van der Waals surface area contributed by atoms with Gasteiger partial charge in [-0.2, -0.15) is 0 Å². The fourth-order valence-electron chi connectivity index (χ4n) is 2.48. The van der Waals surface area contributed by atoms with Crippen molar-refractivity contribution in [1.29, 1.82) is 0 Å². The molecule has 0 radical (unpaired) electrons. The van der Waals surface area contributed by atoms with Gasteiger partial charge in [0.15, 0.2) is 0 Å². The smallest absolute Gasteiger partial charge is 0.0705 e. The van der Waals surface area contributed by atoms with Crippen LogP contribution in [0.15, 0.2) is 54.7 Å². The molecule has 0 saturated carbocycles. The molecule has 0 aliphatic rings. The fourth-order valence-corrected chi connectivity index (χ4v) is 3.01. The number of hydrogen-bond donors (Lipinski definition) is 1. The first kappa shape index (κ1) is 14.8. The minimum Gasteiger partial charge on any atom is -0.309 e. The predicted octanol–water partition coefficient (Wildman–Crippen LogP) is 4.80. The Morgan fingerprint density at radius 3 is 2.62 bits per heavy atom. The van der Waals surface area contributed by atoms with Gasteiger partial charge in [0.2, 0.25) is 0 Å². The Labute approximate surface area is 142 Å². The second-order valence-electron chi connectivity index (χ2n) is 4.85. The van der Waals surface area contributed by atoms with Gasteiger partial charge >= 0.3 is 0 Å². The molecule has 1 atom stereocenters. The molecule has 1 unspecified atom stereocenters. The van der Waals surface area contributed by atoms with Crippen LogP contribution in [0.25, 0.3) is 10.9 Å². The normalized spacial score (nSPS) is 12.5.